The maximum Gasteiger partial charge on any atom is 0.414 e. The second kappa shape index (κ2) is 7.19. The third-order valence-corrected chi connectivity index (χ3v) is 5.02. The lowest BCUT2D eigenvalue weighted by Crippen LogP contribution is -2.45. The number of rotatable bonds is 3. The minimum atomic E-state index is -1.14. The number of carboxylic acid groups (broad SMARTS) is 1. The van der Waals surface area contributed by atoms with Gasteiger partial charge in [-0.1, -0.05) is 40.6 Å². The number of thiazole rings is 1. The second-order valence-electron chi connectivity index (χ2n) is 6.25. The summed E-state index contributed by atoms with van der Waals surface area (Å²) in [7, 11) is 0. The van der Waals surface area contributed by atoms with Gasteiger partial charge in [-0.3, -0.25) is 4.79 Å². The zero-order valence-electron chi connectivity index (χ0n) is 14.1. The topological polar surface area (TPSA) is 82.5 Å². The second-order valence-corrected chi connectivity index (χ2v) is 8.04. The Balaban J connectivity index is 2.37. The van der Waals surface area contributed by atoms with Gasteiger partial charge in [0.05, 0.1) is 21.4 Å². The Morgan fingerprint density at radius 3 is 2.28 bits per heavy atom. The predicted octanol–water partition coefficient (Wildman–Crippen LogP) is 5.29. The van der Waals surface area contributed by atoms with Crippen LogP contribution in [-0.2, 0) is 0 Å². The van der Waals surface area contributed by atoms with Gasteiger partial charge in [0.2, 0.25) is 0 Å². The molecule has 0 saturated carbocycles. The monoisotopic (exact) mass is 401 g/mol. The lowest BCUT2D eigenvalue weighted by atomic mass is 10.1. The normalized spacial score (nSPS) is 11.3. The van der Waals surface area contributed by atoms with Crippen molar-refractivity contribution >= 4 is 57.4 Å². The average Bonchev–Trinajstić information content (AvgIpc) is 2.82. The van der Waals surface area contributed by atoms with Crippen molar-refractivity contribution < 1.29 is 14.7 Å². The van der Waals surface area contributed by atoms with Crippen molar-refractivity contribution in [3.63, 3.8) is 0 Å². The summed E-state index contributed by atoms with van der Waals surface area (Å²) in [6.07, 6.45) is -1.14. The molecule has 0 fully saturated rings. The molecule has 0 atom stereocenters. The molecule has 2 aromatic rings. The predicted molar refractivity (Wildman–Crippen MR) is 102 cm³/mol. The van der Waals surface area contributed by atoms with E-state index in [1.54, 1.807) is 45.9 Å². The molecule has 1 aromatic heterocycles. The highest BCUT2D eigenvalue weighted by atomic mass is 35.5. The number of aryl methyl sites for hydroxylation is 1. The highest BCUT2D eigenvalue weighted by Crippen LogP contribution is 2.34. The number of benzene rings is 1. The molecule has 0 spiro atoms. The molecule has 134 valence electrons. The van der Waals surface area contributed by atoms with Crippen LogP contribution in [0, 0.1) is 6.92 Å². The molecule has 2 amide bonds. The fourth-order valence-corrected chi connectivity index (χ4v) is 3.77. The van der Waals surface area contributed by atoms with Crippen LogP contribution in [0.3, 0.4) is 0 Å². The summed E-state index contributed by atoms with van der Waals surface area (Å²) in [5.74, 6) is -0.449. The van der Waals surface area contributed by atoms with Gasteiger partial charge < -0.3 is 10.4 Å². The van der Waals surface area contributed by atoms with Crippen LogP contribution in [-0.4, -0.2) is 27.6 Å². The van der Waals surface area contributed by atoms with Crippen LogP contribution in [0.1, 0.15) is 36.1 Å². The molecule has 0 aliphatic carbocycles. The Morgan fingerprint density at radius 1 is 1.24 bits per heavy atom. The molecule has 1 heterocycles. The average molecular weight is 402 g/mol. The Morgan fingerprint density at radius 2 is 1.80 bits per heavy atom. The van der Waals surface area contributed by atoms with Gasteiger partial charge in [0.15, 0.2) is 5.13 Å². The molecule has 6 nitrogen and oxygen atoms in total. The summed E-state index contributed by atoms with van der Waals surface area (Å²) < 4.78 is 0. The first-order valence-electron chi connectivity index (χ1n) is 7.28. The summed E-state index contributed by atoms with van der Waals surface area (Å²) in [6.45, 7) is 6.90. The van der Waals surface area contributed by atoms with E-state index in [0.29, 0.717) is 26.3 Å². The van der Waals surface area contributed by atoms with Crippen LogP contribution in [0.15, 0.2) is 18.2 Å². The summed E-state index contributed by atoms with van der Waals surface area (Å²) in [5, 5.41) is 13.0. The lowest BCUT2D eigenvalue weighted by molar-refractivity contribution is 0.102. The first-order valence-corrected chi connectivity index (χ1v) is 8.85. The molecule has 25 heavy (non-hydrogen) atoms. The van der Waals surface area contributed by atoms with E-state index in [2.05, 4.69) is 10.3 Å². The highest BCUT2D eigenvalue weighted by Gasteiger charge is 2.32. The number of para-hydroxylation sites is 1. The molecule has 1 aromatic carbocycles. The molecule has 0 radical (unpaired) electrons. The summed E-state index contributed by atoms with van der Waals surface area (Å²) in [5.41, 5.74) is 0.0305. The quantitative estimate of drug-likeness (QED) is 0.731. The first-order chi connectivity index (χ1) is 11.5. The Bertz CT molecular complexity index is 810. The molecule has 0 bridgehead atoms. The molecule has 0 aliphatic heterocycles. The smallest absolute Gasteiger partial charge is 0.414 e. The van der Waals surface area contributed by atoms with Gasteiger partial charge in [-0.05, 0) is 39.8 Å². The zero-order chi connectivity index (χ0) is 18.9. The van der Waals surface area contributed by atoms with E-state index in [1.807, 2.05) is 0 Å². The minimum absolute atomic E-state index is 0.230. The van der Waals surface area contributed by atoms with Crippen molar-refractivity contribution in [3.05, 3.63) is 38.8 Å². The molecule has 2 N–H and O–H groups in total. The summed E-state index contributed by atoms with van der Waals surface area (Å²) in [4.78, 5) is 29.8. The minimum Gasteiger partial charge on any atom is -0.465 e. The fraction of sp³-hybridized carbons (Fsp3) is 0.312. The molecule has 0 unspecified atom stereocenters. The van der Waals surface area contributed by atoms with Gasteiger partial charge >= 0.3 is 6.09 Å². The molecule has 0 saturated heterocycles. The van der Waals surface area contributed by atoms with E-state index in [-0.39, 0.29) is 5.13 Å². The van der Waals surface area contributed by atoms with E-state index < -0.39 is 17.5 Å². The third kappa shape index (κ3) is 4.23. The Labute approximate surface area is 159 Å². The van der Waals surface area contributed by atoms with Crippen LogP contribution in [0.2, 0.25) is 10.0 Å². The summed E-state index contributed by atoms with van der Waals surface area (Å²) in [6, 6.07) is 4.89. The van der Waals surface area contributed by atoms with Crippen LogP contribution in [0.4, 0.5) is 15.6 Å². The van der Waals surface area contributed by atoms with Gasteiger partial charge in [0.1, 0.15) is 4.88 Å². The largest absolute Gasteiger partial charge is 0.465 e. The Kier molecular flexibility index (Phi) is 5.61. The van der Waals surface area contributed by atoms with Crippen molar-refractivity contribution in [2.24, 2.45) is 0 Å². The fourth-order valence-electron chi connectivity index (χ4n) is 2.13. The van der Waals surface area contributed by atoms with Crippen molar-refractivity contribution in [3.8, 4) is 0 Å². The molecular weight excluding hydrogens is 385 g/mol. The van der Waals surface area contributed by atoms with Gasteiger partial charge in [0, 0.05) is 5.54 Å². The van der Waals surface area contributed by atoms with Gasteiger partial charge in [0.25, 0.3) is 5.91 Å². The van der Waals surface area contributed by atoms with Gasteiger partial charge in [-0.2, -0.15) is 0 Å². The highest BCUT2D eigenvalue weighted by molar-refractivity contribution is 7.18. The van der Waals surface area contributed by atoms with E-state index in [1.165, 1.54) is 0 Å². The van der Waals surface area contributed by atoms with Crippen molar-refractivity contribution in [2.75, 3.05) is 10.2 Å². The number of nitrogens with one attached hydrogen (secondary N) is 1. The van der Waals surface area contributed by atoms with E-state index in [0.717, 1.165) is 16.2 Å². The summed E-state index contributed by atoms with van der Waals surface area (Å²) >= 11 is 13.1. The van der Waals surface area contributed by atoms with Gasteiger partial charge in [-0.25, -0.2) is 14.7 Å². The van der Waals surface area contributed by atoms with E-state index >= 15 is 0 Å². The SMILES string of the molecule is Cc1nc(N(C(=O)O)C(C)(C)C)sc1C(=O)Nc1c(Cl)cccc1Cl. The molecule has 0 aliphatic rings. The Hall–Kier alpha value is -1.83. The van der Waals surface area contributed by atoms with Gasteiger partial charge in [-0.15, -0.1) is 0 Å². The number of amides is 2. The van der Waals surface area contributed by atoms with E-state index in [4.69, 9.17) is 23.2 Å². The lowest BCUT2D eigenvalue weighted by Gasteiger charge is -2.30. The van der Waals surface area contributed by atoms with Crippen LogP contribution in [0.5, 0.6) is 0 Å². The number of anilines is 2. The van der Waals surface area contributed by atoms with Crippen molar-refractivity contribution in [1.29, 1.82) is 0 Å². The molecule has 2 rings (SSSR count). The maximum atomic E-state index is 12.6. The standard InChI is InChI=1S/C16H17Cl2N3O3S/c1-8-12(13(22)20-11-9(17)6-5-7-10(11)18)25-14(19-8)21(15(23)24)16(2,3)4/h5-7H,1-4H3,(H,20,22)(H,23,24). The van der Waals surface area contributed by atoms with Crippen LogP contribution in [0.25, 0.3) is 0 Å². The number of carbonyl (C=O) groups is 2. The number of hydrogen-bond donors (Lipinski definition) is 2. The first kappa shape index (κ1) is 19.5. The number of aromatic nitrogens is 1. The third-order valence-electron chi connectivity index (χ3n) is 3.25. The van der Waals surface area contributed by atoms with Crippen LogP contribution >= 0.6 is 34.5 Å². The zero-order valence-corrected chi connectivity index (χ0v) is 16.4. The molecular formula is C16H17Cl2N3O3S. The number of nitrogens with zero attached hydrogens (tertiary/aromatic N) is 2. The van der Waals surface area contributed by atoms with Crippen LogP contribution < -0.4 is 10.2 Å². The van der Waals surface area contributed by atoms with Crippen molar-refractivity contribution in [2.45, 2.75) is 33.2 Å². The number of halogens is 2. The number of carbonyl (C=O) groups excluding carboxylic acids is 1. The molecule has 9 heteroatoms. The van der Waals surface area contributed by atoms with Crippen molar-refractivity contribution in [1.82, 2.24) is 4.98 Å². The number of hydrogen-bond acceptors (Lipinski definition) is 4. The maximum absolute atomic E-state index is 12.6. The van der Waals surface area contributed by atoms with E-state index in [9.17, 15) is 14.7 Å².